The molecule has 110 valence electrons. The summed E-state index contributed by atoms with van der Waals surface area (Å²) in [5.74, 6) is -1.23. The highest BCUT2D eigenvalue weighted by Crippen LogP contribution is 2.53. The molecule has 4 atom stereocenters. The molecule has 1 aliphatic heterocycles. The minimum Gasteiger partial charge on any atom is -0.276 e. The Morgan fingerprint density at radius 3 is 2.50 bits per heavy atom. The molecule has 0 unspecified atom stereocenters. The Morgan fingerprint density at radius 2 is 1.82 bits per heavy atom. The van der Waals surface area contributed by atoms with E-state index in [-0.39, 0.29) is 46.7 Å². The summed E-state index contributed by atoms with van der Waals surface area (Å²) in [5, 5.41) is 6.93. The first-order chi connectivity index (χ1) is 10.7. The molecule has 0 radical (unpaired) electrons. The van der Waals surface area contributed by atoms with Crippen LogP contribution in [0.4, 0.5) is 10.2 Å². The molecule has 1 aromatic heterocycles. The van der Waals surface area contributed by atoms with Crippen LogP contribution in [0.3, 0.4) is 0 Å². The molecule has 5 rings (SSSR count). The fourth-order valence-electron chi connectivity index (χ4n) is 4.29. The van der Waals surface area contributed by atoms with Gasteiger partial charge in [-0.1, -0.05) is 18.2 Å². The lowest BCUT2D eigenvalue weighted by Gasteiger charge is -2.14. The van der Waals surface area contributed by atoms with E-state index >= 15 is 0 Å². The number of carbonyl (C=O) groups is 2. The van der Waals surface area contributed by atoms with Crippen LogP contribution in [0, 0.1) is 29.5 Å². The van der Waals surface area contributed by atoms with Crippen LogP contribution in [0.15, 0.2) is 30.4 Å². The van der Waals surface area contributed by atoms with Gasteiger partial charge in [0.2, 0.25) is 11.8 Å². The van der Waals surface area contributed by atoms with Crippen molar-refractivity contribution in [2.24, 2.45) is 23.7 Å². The van der Waals surface area contributed by atoms with E-state index in [1.807, 2.05) is 12.2 Å². The molecule has 2 bridgehead atoms. The molecule has 2 heterocycles. The van der Waals surface area contributed by atoms with Crippen LogP contribution in [0.1, 0.15) is 6.42 Å². The van der Waals surface area contributed by atoms with Crippen molar-refractivity contribution in [2.75, 3.05) is 4.90 Å². The van der Waals surface area contributed by atoms with Crippen molar-refractivity contribution in [3.63, 3.8) is 0 Å². The summed E-state index contributed by atoms with van der Waals surface area (Å²) in [6.45, 7) is 0. The number of carbonyl (C=O) groups excluding carboxylic acids is 2. The maximum absolute atomic E-state index is 14.1. The molecule has 0 spiro atoms. The third kappa shape index (κ3) is 1.26. The van der Waals surface area contributed by atoms with Crippen molar-refractivity contribution in [1.29, 1.82) is 0 Å². The van der Waals surface area contributed by atoms with Gasteiger partial charge in [0, 0.05) is 0 Å². The molecule has 1 saturated heterocycles. The van der Waals surface area contributed by atoms with Gasteiger partial charge < -0.3 is 0 Å². The third-order valence-electron chi connectivity index (χ3n) is 5.20. The molecule has 22 heavy (non-hydrogen) atoms. The zero-order valence-corrected chi connectivity index (χ0v) is 11.5. The second-order valence-electron chi connectivity index (χ2n) is 6.22. The monoisotopic (exact) mass is 297 g/mol. The molecule has 1 N–H and O–H groups in total. The van der Waals surface area contributed by atoms with Gasteiger partial charge in [-0.25, -0.2) is 9.29 Å². The smallest absolute Gasteiger partial charge is 0.239 e. The summed E-state index contributed by atoms with van der Waals surface area (Å²) in [5.41, 5.74) is 0.480. The number of halogens is 1. The predicted molar refractivity (Wildman–Crippen MR) is 76.3 cm³/mol. The number of anilines is 1. The first kappa shape index (κ1) is 12.1. The van der Waals surface area contributed by atoms with Crippen LogP contribution in [0.25, 0.3) is 10.9 Å². The lowest BCUT2D eigenvalue weighted by molar-refractivity contribution is -0.123. The maximum Gasteiger partial charge on any atom is 0.239 e. The standard InChI is InChI=1S/C16H12FN3O2/c17-9-2-1-3-10-13(9)14(19-18-10)20-15(21)11-7-4-5-8(6-7)12(11)16(20)22/h1-5,7-8,11-12H,6H2,(H,18,19)/t7-,8+,11-,12+. The molecule has 5 nitrogen and oxygen atoms in total. The van der Waals surface area contributed by atoms with Crippen LogP contribution in [-0.4, -0.2) is 22.0 Å². The SMILES string of the molecule is O=C1[C@@H]2[C@H](C(=O)N1c1n[nH]c3cccc(F)c13)[C@@H]1C=C[C@H]2C1. The van der Waals surface area contributed by atoms with E-state index in [2.05, 4.69) is 10.2 Å². The minimum absolute atomic E-state index is 0.0944. The van der Waals surface area contributed by atoms with Gasteiger partial charge in [-0.2, -0.15) is 5.10 Å². The molecule has 2 amide bonds. The molecule has 1 aromatic carbocycles. The van der Waals surface area contributed by atoms with Gasteiger partial charge in [0.1, 0.15) is 5.82 Å². The number of aromatic nitrogens is 2. The largest absolute Gasteiger partial charge is 0.276 e. The van der Waals surface area contributed by atoms with E-state index in [0.717, 1.165) is 11.3 Å². The summed E-state index contributed by atoms with van der Waals surface area (Å²) in [7, 11) is 0. The van der Waals surface area contributed by atoms with Gasteiger partial charge in [-0.3, -0.25) is 14.7 Å². The number of rotatable bonds is 1. The maximum atomic E-state index is 14.1. The first-order valence-corrected chi connectivity index (χ1v) is 7.35. The number of hydrogen-bond acceptors (Lipinski definition) is 3. The van der Waals surface area contributed by atoms with E-state index in [1.165, 1.54) is 6.07 Å². The molecule has 2 fully saturated rings. The van der Waals surface area contributed by atoms with E-state index in [1.54, 1.807) is 12.1 Å². The number of nitrogens with zero attached hydrogens (tertiary/aromatic N) is 2. The van der Waals surface area contributed by atoms with Gasteiger partial charge in [0.05, 0.1) is 22.7 Å². The number of aromatic amines is 1. The highest BCUT2D eigenvalue weighted by Gasteiger charge is 2.60. The zero-order valence-electron chi connectivity index (χ0n) is 11.5. The number of hydrogen-bond donors (Lipinski definition) is 1. The molecule has 2 aromatic rings. The second kappa shape index (κ2) is 3.82. The van der Waals surface area contributed by atoms with Crippen molar-refractivity contribution in [3.8, 4) is 0 Å². The Balaban J connectivity index is 1.67. The topological polar surface area (TPSA) is 66.1 Å². The summed E-state index contributed by atoms with van der Waals surface area (Å²) in [6, 6.07) is 4.54. The normalized spacial score (nSPS) is 32.5. The Kier molecular flexibility index (Phi) is 2.10. The molecule has 2 aliphatic carbocycles. The highest BCUT2D eigenvalue weighted by molar-refractivity contribution is 6.24. The number of nitrogens with one attached hydrogen (secondary N) is 1. The minimum atomic E-state index is -0.486. The number of H-pyrrole nitrogens is 1. The number of allylic oxidation sites excluding steroid dienone is 2. The lowest BCUT2D eigenvalue weighted by Crippen LogP contribution is -2.33. The Hall–Kier alpha value is -2.50. The van der Waals surface area contributed by atoms with E-state index in [0.29, 0.717) is 5.52 Å². The number of amides is 2. The molecule has 3 aliphatic rings. The molecular weight excluding hydrogens is 285 g/mol. The van der Waals surface area contributed by atoms with Crippen molar-refractivity contribution >= 4 is 28.5 Å². The van der Waals surface area contributed by atoms with Crippen molar-refractivity contribution < 1.29 is 14.0 Å². The second-order valence-corrected chi connectivity index (χ2v) is 6.22. The molecule has 6 heteroatoms. The number of imide groups is 1. The van der Waals surface area contributed by atoms with Crippen LogP contribution < -0.4 is 4.90 Å². The van der Waals surface area contributed by atoms with Crippen LogP contribution in [0.2, 0.25) is 0 Å². The van der Waals surface area contributed by atoms with Gasteiger partial charge in [0.25, 0.3) is 0 Å². The van der Waals surface area contributed by atoms with Crippen LogP contribution in [0.5, 0.6) is 0 Å². The van der Waals surface area contributed by atoms with Gasteiger partial charge in [-0.05, 0) is 30.4 Å². The van der Waals surface area contributed by atoms with E-state index in [9.17, 15) is 14.0 Å². The first-order valence-electron chi connectivity index (χ1n) is 7.35. The zero-order chi connectivity index (χ0) is 15.0. The van der Waals surface area contributed by atoms with Crippen molar-refractivity contribution in [2.45, 2.75) is 6.42 Å². The van der Waals surface area contributed by atoms with Crippen molar-refractivity contribution in [3.05, 3.63) is 36.2 Å². The summed E-state index contributed by atoms with van der Waals surface area (Å²) < 4.78 is 14.1. The lowest BCUT2D eigenvalue weighted by atomic mass is 9.85. The Morgan fingerprint density at radius 1 is 1.14 bits per heavy atom. The molecular formula is C16H12FN3O2. The van der Waals surface area contributed by atoms with Gasteiger partial charge >= 0.3 is 0 Å². The van der Waals surface area contributed by atoms with E-state index in [4.69, 9.17) is 0 Å². The number of fused-ring (bicyclic) bond motifs is 6. The highest BCUT2D eigenvalue weighted by atomic mass is 19.1. The predicted octanol–water partition coefficient (Wildman–Crippen LogP) is 2.01. The Labute approximate surface area is 124 Å². The van der Waals surface area contributed by atoms with Gasteiger partial charge in [-0.15, -0.1) is 0 Å². The van der Waals surface area contributed by atoms with E-state index < -0.39 is 5.82 Å². The fraction of sp³-hybridized carbons (Fsp3) is 0.312. The average molecular weight is 297 g/mol. The number of benzene rings is 1. The van der Waals surface area contributed by atoms with Crippen molar-refractivity contribution in [1.82, 2.24) is 10.2 Å². The van der Waals surface area contributed by atoms with Crippen LogP contribution >= 0.6 is 0 Å². The third-order valence-corrected chi connectivity index (χ3v) is 5.20. The summed E-state index contributed by atoms with van der Waals surface area (Å²) >= 11 is 0. The average Bonchev–Trinajstić information content (AvgIpc) is 3.23. The molecule has 1 saturated carbocycles. The van der Waals surface area contributed by atoms with Crippen LogP contribution in [-0.2, 0) is 9.59 Å². The summed E-state index contributed by atoms with van der Waals surface area (Å²) in [4.78, 5) is 26.6. The Bertz CT molecular complexity index is 841. The fourth-order valence-corrected chi connectivity index (χ4v) is 4.29. The quantitative estimate of drug-likeness (QED) is 0.647. The summed E-state index contributed by atoms with van der Waals surface area (Å²) in [6.07, 6.45) is 4.93. The van der Waals surface area contributed by atoms with Gasteiger partial charge in [0.15, 0.2) is 5.82 Å².